The molecule has 1 aliphatic heterocycles. The zero-order chi connectivity index (χ0) is 18.5. The fourth-order valence-corrected chi connectivity index (χ4v) is 3.77. The van der Waals surface area contributed by atoms with E-state index in [0.29, 0.717) is 30.2 Å². The molecule has 1 saturated heterocycles. The van der Waals surface area contributed by atoms with Gasteiger partial charge in [0.25, 0.3) is 5.91 Å². The average Bonchev–Trinajstić information content (AvgIpc) is 3.22. The van der Waals surface area contributed by atoms with Crippen molar-refractivity contribution in [1.29, 1.82) is 0 Å². The summed E-state index contributed by atoms with van der Waals surface area (Å²) in [6.45, 7) is 4.85. The number of piperazine rings is 1. The lowest BCUT2D eigenvalue weighted by molar-refractivity contribution is 0.0746. The molecule has 0 bridgehead atoms. The molecular weight excluding hydrogens is 350 g/mol. The van der Waals surface area contributed by atoms with Crippen LogP contribution in [0.1, 0.15) is 22.8 Å². The van der Waals surface area contributed by atoms with Crippen LogP contribution < -0.4 is 14.4 Å². The molecular formula is C19H23N3O3S. The third-order valence-electron chi connectivity index (χ3n) is 4.36. The first kappa shape index (κ1) is 18.3. The maximum absolute atomic E-state index is 13.0. The number of carbonyl (C=O) groups excluding carboxylic acids is 1. The molecule has 0 N–H and O–H groups in total. The lowest BCUT2D eigenvalue weighted by atomic mass is 10.1. The summed E-state index contributed by atoms with van der Waals surface area (Å²) >= 11 is 1.63. The van der Waals surface area contributed by atoms with E-state index < -0.39 is 0 Å². The third-order valence-corrected chi connectivity index (χ3v) is 5.19. The van der Waals surface area contributed by atoms with Crippen LogP contribution in [0.15, 0.2) is 29.8 Å². The SMILES string of the molecule is CC=Cc1cc(C(=O)N2CCN(c3nccs3)CC2)cc(OC)c1OC. The second-order valence-corrected chi connectivity index (χ2v) is 6.77. The molecule has 0 saturated carbocycles. The van der Waals surface area contributed by atoms with Gasteiger partial charge in [0.05, 0.1) is 14.2 Å². The minimum absolute atomic E-state index is 0.00972. The van der Waals surface area contributed by atoms with Crippen LogP contribution in [0, 0.1) is 0 Å². The number of carbonyl (C=O) groups is 1. The number of methoxy groups -OCH3 is 2. The van der Waals surface area contributed by atoms with Crippen molar-refractivity contribution in [2.24, 2.45) is 0 Å². The summed E-state index contributed by atoms with van der Waals surface area (Å²) in [5.74, 6) is 1.21. The van der Waals surface area contributed by atoms with Crippen LogP contribution in [-0.2, 0) is 0 Å². The number of hydrogen-bond acceptors (Lipinski definition) is 6. The summed E-state index contributed by atoms with van der Waals surface area (Å²) in [4.78, 5) is 21.4. The van der Waals surface area contributed by atoms with Crippen LogP contribution in [-0.4, -0.2) is 56.2 Å². The maximum atomic E-state index is 13.0. The first-order valence-corrected chi connectivity index (χ1v) is 9.38. The number of allylic oxidation sites excluding steroid dienone is 1. The topological polar surface area (TPSA) is 54.9 Å². The fraction of sp³-hybridized carbons (Fsp3) is 0.368. The van der Waals surface area contributed by atoms with Gasteiger partial charge in [0.15, 0.2) is 16.6 Å². The van der Waals surface area contributed by atoms with Crippen molar-refractivity contribution in [3.8, 4) is 11.5 Å². The fourth-order valence-electron chi connectivity index (χ4n) is 3.08. The highest BCUT2D eigenvalue weighted by Gasteiger charge is 2.24. The van der Waals surface area contributed by atoms with E-state index in [1.54, 1.807) is 31.6 Å². The first-order valence-electron chi connectivity index (χ1n) is 8.50. The Morgan fingerprint density at radius 3 is 2.54 bits per heavy atom. The molecule has 2 heterocycles. The van der Waals surface area contributed by atoms with Crippen molar-refractivity contribution < 1.29 is 14.3 Å². The number of thiazole rings is 1. The van der Waals surface area contributed by atoms with Gasteiger partial charge in [-0.15, -0.1) is 11.3 Å². The minimum atomic E-state index is 0.00972. The van der Waals surface area contributed by atoms with Gasteiger partial charge in [0, 0.05) is 48.9 Å². The molecule has 7 heteroatoms. The van der Waals surface area contributed by atoms with Gasteiger partial charge in [-0.05, 0) is 19.1 Å². The lowest BCUT2D eigenvalue weighted by Crippen LogP contribution is -2.48. The monoisotopic (exact) mass is 373 g/mol. The van der Waals surface area contributed by atoms with Crippen LogP contribution >= 0.6 is 11.3 Å². The number of amides is 1. The van der Waals surface area contributed by atoms with Gasteiger partial charge in [-0.1, -0.05) is 12.2 Å². The van der Waals surface area contributed by atoms with Gasteiger partial charge < -0.3 is 19.3 Å². The van der Waals surface area contributed by atoms with E-state index in [0.717, 1.165) is 23.8 Å². The van der Waals surface area contributed by atoms with Gasteiger partial charge >= 0.3 is 0 Å². The highest BCUT2D eigenvalue weighted by molar-refractivity contribution is 7.13. The lowest BCUT2D eigenvalue weighted by Gasteiger charge is -2.34. The maximum Gasteiger partial charge on any atom is 0.254 e. The molecule has 0 radical (unpaired) electrons. The zero-order valence-corrected chi connectivity index (χ0v) is 16.1. The van der Waals surface area contributed by atoms with E-state index in [9.17, 15) is 4.79 Å². The molecule has 2 aromatic rings. The summed E-state index contributed by atoms with van der Waals surface area (Å²) < 4.78 is 10.9. The van der Waals surface area contributed by atoms with Crippen molar-refractivity contribution in [3.63, 3.8) is 0 Å². The van der Waals surface area contributed by atoms with Crippen LogP contribution in [0.5, 0.6) is 11.5 Å². The number of hydrogen-bond donors (Lipinski definition) is 0. The molecule has 1 amide bonds. The van der Waals surface area contributed by atoms with E-state index >= 15 is 0 Å². The molecule has 1 aliphatic rings. The number of benzene rings is 1. The van der Waals surface area contributed by atoms with E-state index in [2.05, 4.69) is 9.88 Å². The third kappa shape index (κ3) is 3.67. The van der Waals surface area contributed by atoms with Gasteiger partial charge in [-0.25, -0.2) is 4.98 Å². The Balaban J connectivity index is 1.78. The summed E-state index contributed by atoms with van der Waals surface area (Å²) in [7, 11) is 3.18. The molecule has 138 valence electrons. The van der Waals surface area contributed by atoms with E-state index in [1.807, 2.05) is 41.6 Å². The molecule has 6 nitrogen and oxygen atoms in total. The van der Waals surface area contributed by atoms with Gasteiger partial charge in [0.2, 0.25) is 0 Å². The van der Waals surface area contributed by atoms with Crippen LogP contribution in [0.4, 0.5) is 5.13 Å². The second-order valence-electron chi connectivity index (χ2n) is 5.89. The summed E-state index contributed by atoms with van der Waals surface area (Å²) in [5.41, 5.74) is 1.44. The number of aromatic nitrogens is 1. The number of rotatable bonds is 5. The Kier molecular flexibility index (Phi) is 5.78. The van der Waals surface area contributed by atoms with E-state index in [4.69, 9.17) is 9.47 Å². The number of nitrogens with zero attached hydrogens (tertiary/aromatic N) is 3. The summed E-state index contributed by atoms with van der Waals surface area (Å²) in [5, 5.41) is 2.98. The number of ether oxygens (including phenoxy) is 2. The standard InChI is InChI=1S/C19H23N3O3S/c1-4-5-14-12-15(13-16(24-2)17(14)25-3)18(23)21-7-9-22(10-8-21)19-20-6-11-26-19/h4-6,11-13H,7-10H2,1-3H3. The quantitative estimate of drug-likeness (QED) is 0.806. The van der Waals surface area contributed by atoms with Crippen molar-refractivity contribution in [2.75, 3.05) is 45.3 Å². The predicted molar refractivity (Wildman–Crippen MR) is 104 cm³/mol. The molecule has 1 fully saturated rings. The summed E-state index contributed by atoms with van der Waals surface area (Å²) in [6.07, 6.45) is 5.64. The Hall–Kier alpha value is -2.54. The Bertz CT molecular complexity index is 782. The normalized spacial score (nSPS) is 14.7. The minimum Gasteiger partial charge on any atom is -0.493 e. The van der Waals surface area contributed by atoms with E-state index in [-0.39, 0.29) is 5.91 Å². The van der Waals surface area contributed by atoms with Crippen LogP contribution in [0.3, 0.4) is 0 Å². The van der Waals surface area contributed by atoms with Gasteiger partial charge in [-0.3, -0.25) is 4.79 Å². The predicted octanol–water partition coefficient (Wildman–Crippen LogP) is 3.16. The zero-order valence-electron chi connectivity index (χ0n) is 15.3. The van der Waals surface area contributed by atoms with Gasteiger partial charge in [-0.2, -0.15) is 0 Å². The highest BCUT2D eigenvalue weighted by atomic mass is 32.1. The van der Waals surface area contributed by atoms with Gasteiger partial charge in [0.1, 0.15) is 0 Å². The smallest absolute Gasteiger partial charge is 0.254 e. The molecule has 0 aliphatic carbocycles. The molecule has 0 atom stereocenters. The second kappa shape index (κ2) is 8.23. The molecule has 0 unspecified atom stereocenters. The van der Waals surface area contributed by atoms with Crippen molar-refractivity contribution in [3.05, 3.63) is 40.9 Å². The molecule has 0 spiro atoms. The molecule has 26 heavy (non-hydrogen) atoms. The highest BCUT2D eigenvalue weighted by Crippen LogP contribution is 2.34. The van der Waals surface area contributed by atoms with Crippen molar-refractivity contribution in [1.82, 2.24) is 9.88 Å². The molecule has 3 rings (SSSR count). The first-order chi connectivity index (χ1) is 12.7. The molecule has 1 aromatic carbocycles. The summed E-state index contributed by atoms with van der Waals surface area (Å²) in [6, 6.07) is 3.61. The van der Waals surface area contributed by atoms with Crippen LogP contribution in [0.2, 0.25) is 0 Å². The molecule has 1 aromatic heterocycles. The Morgan fingerprint density at radius 2 is 1.96 bits per heavy atom. The van der Waals surface area contributed by atoms with Crippen molar-refractivity contribution >= 4 is 28.5 Å². The van der Waals surface area contributed by atoms with Crippen molar-refractivity contribution in [2.45, 2.75) is 6.92 Å². The van der Waals surface area contributed by atoms with Crippen LogP contribution in [0.25, 0.3) is 6.08 Å². The largest absolute Gasteiger partial charge is 0.493 e. The number of anilines is 1. The average molecular weight is 373 g/mol. The Labute approximate surface area is 157 Å². The Morgan fingerprint density at radius 1 is 1.19 bits per heavy atom. The van der Waals surface area contributed by atoms with E-state index in [1.165, 1.54) is 0 Å².